The van der Waals surface area contributed by atoms with Crippen LogP contribution in [0.3, 0.4) is 0 Å². The number of carbonyl (C=O) groups excluding carboxylic acids is 1. The van der Waals surface area contributed by atoms with E-state index in [0.717, 1.165) is 19.3 Å². The van der Waals surface area contributed by atoms with Gasteiger partial charge in [-0.2, -0.15) is 0 Å². The van der Waals surface area contributed by atoms with Crippen molar-refractivity contribution in [1.82, 2.24) is 0 Å². The first kappa shape index (κ1) is 12.4. The van der Waals surface area contributed by atoms with E-state index in [1.54, 1.807) is 7.11 Å². The Hall–Kier alpha value is -0.570. The second-order valence-electron chi connectivity index (χ2n) is 3.21. The first-order valence-electron chi connectivity index (χ1n) is 4.89. The van der Waals surface area contributed by atoms with Gasteiger partial charge < -0.3 is 9.47 Å². The van der Waals surface area contributed by atoms with E-state index in [9.17, 15) is 4.79 Å². The second-order valence-corrected chi connectivity index (χ2v) is 3.21. The molecule has 78 valence electrons. The summed E-state index contributed by atoms with van der Waals surface area (Å²) in [4.78, 5) is 11.1. The monoisotopic (exact) mass is 188 g/mol. The number of hydrogen-bond donors (Lipinski definition) is 0. The molecule has 13 heavy (non-hydrogen) atoms. The fraction of sp³-hybridized carbons (Fsp3) is 0.900. The number of methoxy groups -OCH3 is 1. The molecule has 0 saturated heterocycles. The molecule has 0 aliphatic heterocycles. The molecule has 0 aromatic carbocycles. The van der Waals surface area contributed by atoms with Crippen LogP contribution in [0, 0.1) is 0 Å². The van der Waals surface area contributed by atoms with Gasteiger partial charge in [-0.15, -0.1) is 0 Å². The van der Waals surface area contributed by atoms with Crippen LogP contribution in [0.4, 0.5) is 0 Å². The van der Waals surface area contributed by atoms with Crippen LogP contribution in [-0.2, 0) is 14.3 Å². The minimum Gasteiger partial charge on any atom is -0.460 e. The summed E-state index contributed by atoms with van der Waals surface area (Å²) in [5.41, 5.74) is 0. The first-order chi connectivity index (χ1) is 6.20. The summed E-state index contributed by atoms with van der Waals surface area (Å²) in [6, 6.07) is 0. The van der Waals surface area contributed by atoms with Crippen molar-refractivity contribution >= 4 is 5.97 Å². The van der Waals surface area contributed by atoms with Crippen molar-refractivity contribution in [2.24, 2.45) is 0 Å². The number of esters is 1. The maximum absolute atomic E-state index is 11.1. The van der Waals surface area contributed by atoms with E-state index in [0.29, 0.717) is 13.0 Å². The van der Waals surface area contributed by atoms with E-state index in [-0.39, 0.29) is 12.1 Å². The van der Waals surface area contributed by atoms with E-state index < -0.39 is 0 Å². The van der Waals surface area contributed by atoms with Crippen LogP contribution < -0.4 is 0 Å². The molecule has 0 fully saturated rings. The van der Waals surface area contributed by atoms with E-state index in [1.807, 2.05) is 6.92 Å². The highest BCUT2D eigenvalue weighted by Crippen LogP contribution is 2.02. The van der Waals surface area contributed by atoms with Crippen LogP contribution in [-0.4, -0.2) is 25.8 Å². The molecule has 0 bridgehead atoms. The SMILES string of the molecule is CCCCCC(=O)O[C@@H](C)COC. The Kier molecular flexibility index (Phi) is 7.69. The highest BCUT2D eigenvalue weighted by molar-refractivity contribution is 5.69. The quantitative estimate of drug-likeness (QED) is 0.453. The molecule has 0 N–H and O–H groups in total. The fourth-order valence-corrected chi connectivity index (χ4v) is 1.07. The Morgan fingerprint density at radius 1 is 1.38 bits per heavy atom. The third kappa shape index (κ3) is 7.78. The topological polar surface area (TPSA) is 35.5 Å². The largest absolute Gasteiger partial charge is 0.460 e. The molecule has 0 aromatic rings. The molecule has 0 aliphatic rings. The average Bonchev–Trinajstić information content (AvgIpc) is 2.05. The molecule has 3 nitrogen and oxygen atoms in total. The maximum Gasteiger partial charge on any atom is 0.306 e. The highest BCUT2D eigenvalue weighted by atomic mass is 16.6. The molecule has 0 heterocycles. The third-order valence-electron chi connectivity index (χ3n) is 1.72. The molecule has 0 aliphatic carbocycles. The van der Waals surface area contributed by atoms with Crippen molar-refractivity contribution in [3.63, 3.8) is 0 Å². The number of carbonyl (C=O) groups is 1. The summed E-state index contributed by atoms with van der Waals surface area (Å²) >= 11 is 0. The van der Waals surface area contributed by atoms with E-state index in [2.05, 4.69) is 6.92 Å². The first-order valence-corrected chi connectivity index (χ1v) is 4.89. The van der Waals surface area contributed by atoms with E-state index >= 15 is 0 Å². The zero-order chi connectivity index (χ0) is 10.1. The molecular formula is C10H20O3. The zero-order valence-electron chi connectivity index (χ0n) is 8.84. The van der Waals surface area contributed by atoms with E-state index in [4.69, 9.17) is 9.47 Å². The Morgan fingerprint density at radius 3 is 2.62 bits per heavy atom. The van der Waals surface area contributed by atoms with Crippen molar-refractivity contribution in [1.29, 1.82) is 0 Å². The molecular weight excluding hydrogens is 168 g/mol. The Bertz CT molecular complexity index is 134. The number of ether oxygens (including phenoxy) is 2. The summed E-state index contributed by atoms with van der Waals surface area (Å²) in [7, 11) is 1.60. The minimum atomic E-state index is -0.126. The van der Waals surface area contributed by atoms with Gasteiger partial charge in [0.05, 0.1) is 6.61 Å². The van der Waals surface area contributed by atoms with Crippen LogP contribution in [0.2, 0.25) is 0 Å². The van der Waals surface area contributed by atoms with Crippen LogP contribution in [0.5, 0.6) is 0 Å². The second kappa shape index (κ2) is 8.05. The van der Waals surface area contributed by atoms with Crippen molar-refractivity contribution in [2.75, 3.05) is 13.7 Å². The predicted octanol–water partition coefficient (Wildman–Crippen LogP) is 2.14. The van der Waals surface area contributed by atoms with Crippen LogP contribution in [0.15, 0.2) is 0 Å². The summed E-state index contributed by atoms with van der Waals surface area (Å²) in [6.07, 6.45) is 3.55. The molecule has 0 rings (SSSR count). The normalized spacial score (nSPS) is 12.5. The van der Waals surface area contributed by atoms with Gasteiger partial charge in [0.2, 0.25) is 0 Å². The van der Waals surface area contributed by atoms with Crippen LogP contribution in [0.25, 0.3) is 0 Å². The minimum absolute atomic E-state index is 0.113. The number of unbranched alkanes of at least 4 members (excludes halogenated alkanes) is 2. The van der Waals surface area contributed by atoms with Gasteiger partial charge >= 0.3 is 5.97 Å². The summed E-state index contributed by atoms with van der Waals surface area (Å²) in [5.74, 6) is -0.113. The predicted molar refractivity (Wildman–Crippen MR) is 51.6 cm³/mol. The molecule has 0 saturated carbocycles. The number of hydrogen-bond acceptors (Lipinski definition) is 3. The Balaban J connectivity index is 3.38. The highest BCUT2D eigenvalue weighted by Gasteiger charge is 2.07. The smallest absolute Gasteiger partial charge is 0.306 e. The average molecular weight is 188 g/mol. The summed E-state index contributed by atoms with van der Waals surface area (Å²) in [5, 5.41) is 0. The van der Waals surface area contributed by atoms with Gasteiger partial charge in [0.25, 0.3) is 0 Å². The summed E-state index contributed by atoms with van der Waals surface area (Å²) in [6.45, 7) is 4.42. The van der Waals surface area contributed by atoms with Crippen LogP contribution in [0.1, 0.15) is 39.5 Å². The lowest BCUT2D eigenvalue weighted by molar-refractivity contribution is -0.150. The Labute approximate surface area is 80.4 Å². The molecule has 1 atom stereocenters. The van der Waals surface area contributed by atoms with Gasteiger partial charge in [-0.3, -0.25) is 4.79 Å². The van der Waals surface area contributed by atoms with Crippen molar-refractivity contribution in [3.05, 3.63) is 0 Å². The van der Waals surface area contributed by atoms with Gasteiger partial charge in [0.1, 0.15) is 6.10 Å². The third-order valence-corrected chi connectivity index (χ3v) is 1.72. The van der Waals surface area contributed by atoms with Crippen molar-refractivity contribution in [3.8, 4) is 0 Å². The van der Waals surface area contributed by atoms with Gasteiger partial charge in [0, 0.05) is 13.5 Å². The molecule has 3 heteroatoms. The lowest BCUT2D eigenvalue weighted by Crippen LogP contribution is -2.19. The lowest BCUT2D eigenvalue weighted by Gasteiger charge is -2.11. The van der Waals surface area contributed by atoms with E-state index in [1.165, 1.54) is 0 Å². The maximum atomic E-state index is 11.1. The van der Waals surface area contributed by atoms with Crippen molar-refractivity contribution < 1.29 is 14.3 Å². The van der Waals surface area contributed by atoms with Gasteiger partial charge in [-0.1, -0.05) is 19.8 Å². The Morgan fingerprint density at radius 2 is 2.08 bits per heavy atom. The standard InChI is InChI=1S/C10H20O3/c1-4-5-6-7-10(11)13-9(2)8-12-3/h9H,4-8H2,1-3H3/t9-/m0/s1. The molecule has 0 amide bonds. The molecule has 0 unspecified atom stereocenters. The molecule has 0 aromatic heterocycles. The van der Waals surface area contributed by atoms with Gasteiger partial charge in [-0.25, -0.2) is 0 Å². The van der Waals surface area contributed by atoms with Gasteiger partial charge in [-0.05, 0) is 13.3 Å². The number of rotatable bonds is 7. The summed E-state index contributed by atoms with van der Waals surface area (Å²) < 4.78 is 9.93. The van der Waals surface area contributed by atoms with Crippen LogP contribution >= 0.6 is 0 Å². The fourth-order valence-electron chi connectivity index (χ4n) is 1.07. The van der Waals surface area contributed by atoms with Gasteiger partial charge in [0.15, 0.2) is 0 Å². The zero-order valence-corrected chi connectivity index (χ0v) is 8.84. The molecule has 0 spiro atoms. The molecule has 0 radical (unpaired) electrons. The van der Waals surface area contributed by atoms with Crippen molar-refractivity contribution in [2.45, 2.75) is 45.6 Å². The lowest BCUT2D eigenvalue weighted by atomic mass is 10.2.